The second-order valence-corrected chi connectivity index (χ2v) is 6.97. The largest absolute Gasteiger partial charge is 0.464 e. The van der Waals surface area contributed by atoms with E-state index in [9.17, 15) is 9.59 Å². The summed E-state index contributed by atoms with van der Waals surface area (Å²) in [5, 5.41) is 0. The van der Waals surface area contributed by atoms with Gasteiger partial charge in [-0.05, 0) is 50.8 Å². The van der Waals surface area contributed by atoms with Gasteiger partial charge in [-0.2, -0.15) is 0 Å². The first kappa shape index (κ1) is 16.6. The third-order valence-electron chi connectivity index (χ3n) is 4.90. The molecule has 0 bridgehead atoms. The van der Waals surface area contributed by atoms with Gasteiger partial charge in [-0.15, -0.1) is 0 Å². The molecule has 0 saturated heterocycles. The standard InChI is InChI=1S/C19H24N2O3/c1-10-8-15(10)16-7-6-14(24-16)9-21(5)19(23)18-11(2)17(13(4)22)12(3)20-18/h6-7,10,15,20H,8-9H2,1-5H3/t10-,15-/m0/s1. The smallest absolute Gasteiger partial charge is 0.270 e. The number of aryl methyl sites for hydroxylation is 1. The third-order valence-corrected chi connectivity index (χ3v) is 4.90. The monoisotopic (exact) mass is 328 g/mol. The molecule has 1 saturated carbocycles. The van der Waals surface area contributed by atoms with Crippen LogP contribution < -0.4 is 0 Å². The van der Waals surface area contributed by atoms with Gasteiger partial charge in [0.05, 0.1) is 6.54 Å². The van der Waals surface area contributed by atoms with Crippen molar-refractivity contribution in [2.45, 2.75) is 46.6 Å². The van der Waals surface area contributed by atoms with Gasteiger partial charge in [0.1, 0.15) is 17.2 Å². The Kier molecular flexibility index (Phi) is 4.11. The molecule has 2 heterocycles. The van der Waals surface area contributed by atoms with E-state index >= 15 is 0 Å². The molecule has 1 aliphatic rings. The second-order valence-electron chi connectivity index (χ2n) is 6.97. The average Bonchev–Trinajstić information content (AvgIpc) is 2.93. The van der Waals surface area contributed by atoms with Crippen LogP contribution in [0.25, 0.3) is 0 Å². The number of aromatic nitrogens is 1. The van der Waals surface area contributed by atoms with E-state index in [1.165, 1.54) is 13.3 Å². The Hall–Kier alpha value is -2.30. The summed E-state index contributed by atoms with van der Waals surface area (Å²) >= 11 is 0. The average molecular weight is 328 g/mol. The molecule has 0 unspecified atom stereocenters. The van der Waals surface area contributed by atoms with Crippen LogP contribution in [0.1, 0.15) is 69.8 Å². The summed E-state index contributed by atoms with van der Waals surface area (Å²) in [7, 11) is 1.74. The van der Waals surface area contributed by atoms with Crippen LogP contribution in [0.15, 0.2) is 16.5 Å². The highest BCUT2D eigenvalue weighted by atomic mass is 16.3. The number of nitrogens with one attached hydrogen (secondary N) is 1. The summed E-state index contributed by atoms with van der Waals surface area (Å²) in [5.41, 5.74) is 2.53. The Bertz CT molecular complexity index is 800. The topological polar surface area (TPSA) is 66.3 Å². The van der Waals surface area contributed by atoms with Gasteiger partial charge in [0, 0.05) is 24.2 Å². The molecule has 1 N–H and O–H groups in total. The lowest BCUT2D eigenvalue weighted by atomic mass is 10.1. The van der Waals surface area contributed by atoms with Gasteiger partial charge in [0.25, 0.3) is 5.91 Å². The maximum Gasteiger partial charge on any atom is 0.270 e. The maximum atomic E-state index is 12.7. The molecule has 2 aromatic heterocycles. The van der Waals surface area contributed by atoms with Crippen LogP contribution in [0.4, 0.5) is 0 Å². The second kappa shape index (κ2) is 5.96. The fourth-order valence-electron chi connectivity index (χ4n) is 3.39. The zero-order valence-corrected chi connectivity index (χ0v) is 14.9. The lowest BCUT2D eigenvalue weighted by Gasteiger charge is -2.15. The van der Waals surface area contributed by atoms with Crippen molar-refractivity contribution < 1.29 is 14.0 Å². The molecule has 0 aromatic carbocycles. The summed E-state index contributed by atoms with van der Waals surface area (Å²) in [5.74, 6) is 2.86. The fraction of sp³-hybridized carbons (Fsp3) is 0.474. The minimum Gasteiger partial charge on any atom is -0.464 e. The minimum atomic E-state index is -0.138. The molecular weight excluding hydrogens is 304 g/mol. The molecule has 1 fully saturated rings. The number of carbonyl (C=O) groups is 2. The molecular formula is C19H24N2O3. The van der Waals surface area contributed by atoms with Crippen molar-refractivity contribution in [2.24, 2.45) is 5.92 Å². The van der Waals surface area contributed by atoms with E-state index in [-0.39, 0.29) is 11.7 Å². The first-order chi connectivity index (χ1) is 11.3. The van der Waals surface area contributed by atoms with E-state index in [1.54, 1.807) is 18.9 Å². The van der Waals surface area contributed by atoms with Crippen LogP contribution in [-0.2, 0) is 6.54 Å². The number of hydrogen-bond acceptors (Lipinski definition) is 3. The third kappa shape index (κ3) is 2.90. The van der Waals surface area contributed by atoms with Crippen molar-refractivity contribution in [1.29, 1.82) is 0 Å². The number of rotatable bonds is 5. The maximum absolute atomic E-state index is 12.7. The molecule has 5 nitrogen and oxygen atoms in total. The first-order valence-electron chi connectivity index (χ1n) is 8.33. The molecule has 2 aromatic rings. The zero-order chi connectivity index (χ0) is 17.6. The van der Waals surface area contributed by atoms with Crippen molar-refractivity contribution >= 4 is 11.7 Å². The molecule has 0 radical (unpaired) electrons. The van der Waals surface area contributed by atoms with E-state index in [4.69, 9.17) is 4.42 Å². The Balaban J connectivity index is 1.74. The van der Waals surface area contributed by atoms with Gasteiger partial charge in [-0.25, -0.2) is 0 Å². The van der Waals surface area contributed by atoms with Crippen molar-refractivity contribution in [1.82, 2.24) is 9.88 Å². The van der Waals surface area contributed by atoms with Crippen molar-refractivity contribution in [2.75, 3.05) is 7.05 Å². The number of amides is 1. The normalized spacial score (nSPS) is 19.4. The summed E-state index contributed by atoms with van der Waals surface area (Å²) in [6.45, 7) is 7.76. The van der Waals surface area contributed by atoms with Gasteiger partial charge >= 0.3 is 0 Å². The highest BCUT2D eigenvalue weighted by Gasteiger charge is 2.36. The summed E-state index contributed by atoms with van der Waals surface area (Å²) < 4.78 is 5.87. The molecule has 3 rings (SSSR count). The molecule has 5 heteroatoms. The van der Waals surface area contributed by atoms with Gasteiger partial charge in [0.2, 0.25) is 0 Å². The first-order valence-corrected chi connectivity index (χ1v) is 8.33. The molecule has 0 aliphatic heterocycles. The van der Waals surface area contributed by atoms with Gasteiger partial charge in [-0.3, -0.25) is 9.59 Å². The number of aromatic amines is 1. The van der Waals surface area contributed by atoms with E-state index < -0.39 is 0 Å². The summed E-state index contributed by atoms with van der Waals surface area (Å²) in [6, 6.07) is 3.96. The van der Waals surface area contributed by atoms with E-state index in [2.05, 4.69) is 11.9 Å². The summed E-state index contributed by atoms with van der Waals surface area (Å²) in [4.78, 5) is 29.1. The van der Waals surface area contributed by atoms with Crippen molar-refractivity contribution in [3.05, 3.63) is 46.2 Å². The lowest BCUT2D eigenvalue weighted by Crippen LogP contribution is -2.27. The Labute approximate surface area is 142 Å². The lowest BCUT2D eigenvalue weighted by molar-refractivity contribution is 0.0769. The SMILES string of the molecule is CC(=O)c1c(C)[nH]c(C(=O)N(C)Cc2ccc([C@H]3C[C@@H]3C)o2)c1C. The molecule has 1 aliphatic carbocycles. The van der Waals surface area contributed by atoms with E-state index in [0.29, 0.717) is 35.2 Å². The van der Waals surface area contributed by atoms with E-state index in [1.807, 2.05) is 19.1 Å². The molecule has 2 atom stereocenters. The zero-order valence-electron chi connectivity index (χ0n) is 14.9. The highest BCUT2D eigenvalue weighted by molar-refractivity contribution is 6.02. The predicted molar refractivity (Wildman–Crippen MR) is 91.3 cm³/mol. The number of nitrogens with zero attached hydrogens (tertiary/aromatic N) is 1. The Morgan fingerprint density at radius 1 is 1.33 bits per heavy atom. The van der Waals surface area contributed by atoms with E-state index in [0.717, 1.165) is 17.2 Å². The summed E-state index contributed by atoms with van der Waals surface area (Å²) in [6.07, 6.45) is 1.18. The number of furan rings is 1. The molecule has 1 amide bonds. The van der Waals surface area contributed by atoms with Crippen molar-refractivity contribution in [3.8, 4) is 0 Å². The van der Waals surface area contributed by atoms with Crippen LogP contribution >= 0.6 is 0 Å². The van der Waals surface area contributed by atoms with Crippen molar-refractivity contribution in [3.63, 3.8) is 0 Å². The van der Waals surface area contributed by atoms with Gasteiger partial charge < -0.3 is 14.3 Å². The quantitative estimate of drug-likeness (QED) is 0.848. The number of hydrogen-bond donors (Lipinski definition) is 1. The van der Waals surface area contributed by atoms with Crippen LogP contribution in [-0.4, -0.2) is 28.6 Å². The van der Waals surface area contributed by atoms with Gasteiger partial charge in [-0.1, -0.05) is 6.92 Å². The molecule has 0 spiro atoms. The number of ketones is 1. The number of carbonyl (C=O) groups excluding carboxylic acids is 2. The number of Topliss-reactive ketones (excluding diaryl/α,β-unsaturated/α-hetero) is 1. The predicted octanol–water partition coefficient (Wildman–Crippen LogP) is 3.82. The van der Waals surface area contributed by atoms with Crippen LogP contribution in [0, 0.1) is 19.8 Å². The Morgan fingerprint density at radius 3 is 2.54 bits per heavy atom. The number of H-pyrrole nitrogens is 1. The van der Waals surface area contributed by atoms with Crippen LogP contribution in [0.3, 0.4) is 0 Å². The van der Waals surface area contributed by atoms with Gasteiger partial charge in [0.15, 0.2) is 5.78 Å². The Morgan fingerprint density at radius 2 is 2.00 bits per heavy atom. The molecule has 24 heavy (non-hydrogen) atoms. The van der Waals surface area contributed by atoms with Crippen LogP contribution in [0.2, 0.25) is 0 Å². The minimum absolute atomic E-state index is 0.0304. The fourth-order valence-corrected chi connectivity index (χ4v) is 3.39. The van der Waals surface area contributed by atoms with Crippen LogP contribution in [0.5, 0.6) is 0 Å². The molecule has 128 valence electrons. The highest BCUT2D eigenvalue weighted by Crippen LogP contribution is 2.47.